The average molecular weight is 476 g/mol. The third-order valence-electron chi connectivity index (χ3n) is 3.81. The molecule has 160 valence electrons. The molecule has 2 aromatic rings. The molecule has 0 heterocycles. The topological polar surface area (TPSA) is 96.5 Å². The van der Waals surface area contributed by atoms with Gasteiger partial charge in [-0.15, -0.1) is 0 Å². The predicted molar refractivity (Wildman–Crippen MR) is 119 cm³/mol. The summed E-state index contributed by atoms with van der Waals surface area (Å²) >= 11 is 3.35. The Morgan fingerprint density at radius 1 is 1.00 bits per heavy atom. The van der Waals surface area contributed by atoms with E-state index in [1.807, 2.05) is 18.2 Å². The second-order valence-electron chi connectivity index (χ2n) is 7.62. The number of hydrogen-bond donors (Lipinski definition) is 3. The summed E-state index contributed by atoms with van der Waals surface area (Å²) < 4.78 is 5.94. The highest BCUT2D eigenvalue weighted by Crippen LogP contribution is 2.15. The SMILES string of the molecule is CC(C)(C)OC(=O)NCCC(=O)NCc1ccc(NC(=O)c2cccc(Br)c2)cc1. The third-order valence-corrected chi connectivity index (χ3v) is 4.30. The van der Waals surface area contributed by atoms with E-state index >= 15 is 0 Å². The smallest absolute Gasteiger partial charge is 0.407 e. The Labute approximate surface area is 184 Å². The van der Waals surface area contributed by atoms with Gasteiger partial charge in [0.15, 0.2) is 0 Å². The molecule has 0 unspecified atom stereocenters. The summed E-state index contributed by atoms with van der Waals surface area (Å²) in [6, 6.07) is 14.4. The van der Waals surface area contributed by atoms with Crippen molar-refractivity contribution in [1.82, 2.24) is 10.6 Å². The Morgan fingerprint density at radius 3 is 2.33 bits per heavy atom. The van der Waals surface area contributed by atoms with Gasteiger partial charge in [-0.3, -0.25) is 9.59 Å². The van der Waals surface area contributed by atoms with Crippen LogP contribution in [0.1, 0.15) is 43.1 Å². The molecule has 7 nitrogen and oxygen atoms in total. The summed E-state index contributed by atoms with van der Waals surface area (Å²) in [6.07, 6.45) is -0.393. The molecular formula is C22H26BrN3O4. The highest BCUT2D eigenvalue weighted by Gasteiger charge is 2.15. The van der Waals surface area contributed by atoms with Crippen LogP contribution in [0.2, 0.25) is 0 Å². The maximum Gasteiger partial charge on any atom is 0.407 e. The Morgan fingerprint density at radius 2 is 1.70 bits per heavy atom. The molecule has 8 heteroatoms. The van der Waals surface area contributed by atoms with E-state index in [2.05, 4.69) is 31.9 Å². The van der Waals surface area contributed by atoms with Gasteiger partial charge in [0.25, 0.3) is 5.91 Å². The number of rotatable bonds is 7. The van der Waals surface area contributed by atoms with Crippen LogP contribution in [0.5, 0.6) is 0 Å². The summed E-state index contributed by atoms with van der Waals surface area (Å²) in [6.45, 7) is 5.87. The standard InChI is InChI=1S/C22H26BrN3O4/c1-22(2,3)30-21(29)24-12-11-19(27)25-14-15-7-9-18(10-8-15)26-20(28)16-5-4-6-17(23)13-16/h4-10,13H,11-12,14H2,1-3H3,(H,24,29)(H,25,27)(H,26,28). The molecule has 0 aromatic heterocycles. The number of anilines is 1. The molecule has 0 spiro atoms. The first kappa shape index (κ1) is 23.4. The van der Waals surface area contributed by atoms with Crippen molar-refractivity contribution in [2.24, 2.45) is 0 Å². The maximum absolute atomic E-state index is 12.3. The monoisotopic (exact) mass is 475 g/mol. The highest BCUT2D eigenvalue weighted by atomic mass is 79.9. The van der Waals surface area contributed by atoms with E-state index in [0.717, 1.165) is 10.0 Å². The number of amides is 3. The van der Waals surface area contributed by atoms with Crippen molar-refractivity contribution < 1.29 is 19.1 Å². The fourth-order valence-electron chi connectivity index (χ4n) is 2.42. The maximum atomic E-state index is 12.3. The largest absolute Gasteiger partial charge is 0.444 e. The van der Waals surface area contributed by atoms with Gasteiger partial charge in [0.2, 0.25) is 5.91 Å². The van der Waals surface area contributed by atoms with Gasteiger partial charge in [-0.2, -0.15) is 0 Å². The minimum Gasteiger partial charge on any atom is -0.444 e. The van der Waals surface area contributed by atoms with E-state index in [-0.39, 0.29) is 24.8 Å². The molecule has 0 aliphatic carbocycles. The lowest BCUT2D eigenvalue weighted by Gasteiger charge is -2.19. The Hall–Kier alpha value is -2.87. The van der Waals surface area contributed by atoms with Crippen LogP contribution in [0, 0.1) is 0 Å². The summed E-state index contributed by atoms with van der Waals surface area (Å²) in [5.74, 6) is -0.382. The van der Waals surface area contributed by atoms with Crippen LogP contribution in [0.3, 0.4) is 0 Å². The number of hydrogen-bond acceptors (Lipinski definition) is 4. The van der Waals surface area contributed by atoms with Gasteiger partial charge in [0.1, 0.15) is 5.60 Å². The van der Waals surface area contributed by atoms with Crippen molar-refractivity contribution in [3.05, 3.63) is 64.1 Å². The van der Waals surface area contributed by atoms with Crippen molar-refractivity contribution in [3.63, 3.8) is 0 Å². The first-order chi connectivity index (χ1) is 14.1. The van der Waals surface area contributed by atoms with Crippen molar-refractivity contribution >= 4 is 39.5 Å². The lowest BCUT2D eigenvalue weighted by Crippen LogP contribution is -2.35. The van der Waals surface area contributed by atoms with Gasteiger partial charge in [0.05, 0.1) is 0 Å². The molecule has 3 amide bonds. The van der Waals surface area contributed by atoms with Crippen LogP contribution in [0.4, 0.5) is 10.5 Å². The number of alkyl carbamates (subject to hydrolysis) is 1. The first-order valence-corrected chi connectivity index (χ1v) is 10.3. The lowest BCUT2D eigenvalue weighted by atomic mass is 10.2. The van der Waals surface area contributed by atoms with Gasteiger partial charge < -0.3 is 20.7 Å². The second-order valence-corrected chi connectivity index (χ2v) is 8.53. The van der Waals surface area contributed by atoms with E-state index in [1.54, 1.807) is 51.1 Å². The zero-order chi connectivity index (χ0) is 22.1. The Bertz CT molecular complexity index is 892. The summed E-state index contributed by atoms with van der Waals surface area (Å²) in [5.41, 5.74) is 1.54. The molecule has 0 bridgehead atoms. The number of halogens is 1. The van der Waals surface area contributed by atoms with Gasteiger partial charge in [-0.05, 0) is 56.7 Å². The van der Waals surface area contributed by atoms with E-state index in [0.29, 0.717) is 17.8 Å². The van der Waals surface area contributed by atoms with Gasteiger partial charge >= 0.3 is 6.09 Å². The minimum absolute atomic E-state index is 0.153. The number of ether oxygens (including phenoxy) is 1. The van der Waals surface area contributed by atoms with Crippen LogP contribution in [0.15, 0.2) is 53.0 Å². The third kappa shape index (κ3) is 8.65. The fourth-order valence-corrected chi connectivity index (χ4v) is 2.82. The van der Waals surface area contributed by atoms with Gasteiger partial charge in [-0.25, -0.2) is 4.79 Å². The molecule has 2 rings (SSSR count). The molecule has 30 heavy (non-hydrogen) atoms. The zero-order valence-electron chi connectivity index (χ0n) is 17.3. The molecule has 0 saturated heterocycles. The minimum atomic E-state index is -0.573. The molecule has 0 aliphatic rings. The number of carbonyl (C=O) groups excluding carboxylic acids is 3. The molecule has 0 saturated carbocycles. The summed E-state index contributed by atoms with van der Waals surface area (Å²) in [7, 11) is 0. The van der Waals surface area contributed by atoms with Crippen LogP contribution in [-0.2, 0) is 16.1 Å². The molecule has 3 N–H and O–H groups in total. The van der Waals surface area contributed by atoms with Gasteiger partial charge in [0, 0.05) is 35.2 Å². The summed E-state index contributed by atoms with van der Waals surface area (Å²) in [5, 5.41) is 8.17. The molecular weight excluding hydrogens is 450 g/mol. The molecule has 0 atom stereocenters. The first-order valence-electron chi connectivity index (χ1n) is 9.52. The normalized spacial score (nSPS) is 10.8. The van der Waals surface area contributed by atoms with E-state index in [4.69, 9.17) is 4.74 Å². The van der Waals surface area contributed by atoms with Crippen molar-refractivity contribution in [1.29, 1.82) is 0 Å². The van der Waals surface area contributed by atoms with E-state index in [1.165, 1.54) is 0 Å². The van der Waals surface area contributed by atoms with Crippen LogP contribution in [-0.4, -0.2) is 30.1 Å². The van der Waals surface area contributed by atoms with Crippen LogP contribution in [0.25, 0.3) is 0 Å². The number of benzene rings is 2. The fraction of sp³-hybridized carbons (Fsp3) is 0.318. The summed E-state index contributed by atoms with van der Waals surface area (Å²) in [4.78, 5) is 35.7. The zero-order valence-corrected chi connectivity index (χ0v) is 18.8. The van der Waals surface area contributed by atoms with Crippen LogP contribution < -0.4 is 16.0 Å². The second kappa shape index (κ2) is 10.8. The lowest BCUT2D eigenvalue weighted by molar-refractivity contribution is -0.121. The predicted octanol–water partition coefficient (Wildman–Crippen LogP) is 4.23. The van der Waals surface area contributed by atoms with Crippen molar-refractivity contribution in [2.45, 2.75) is 39.3 Å². The Balaban J connectivity index is 1.73. The highest BCUT2D eigenvalue weighted by molar-refractivity contribution is 9.10. The Kier molecular flexibility index (Phi) is 8.41. The van der Waals surface area contributed by atoms with E-state index in [9.17, 15) is 14.4 Å². The van der Waals surface area contributed by atoms with Crippen molar-refractivity contribution in [3.8, 4) is 0 Å². The molecule has 2 aromatic carbocycles. The number of nitrogens with one attached hydrogen (secondary N) is 3. The molecule has 0 radical (unpaired) electrons. The van der Waals surface area contributed by atoms with Gasteiger partial charge in [-0.1, -0.05) is 34.1 Å². The quantitative estimate of drug-likeness (QED) is 0.557. The van der Waals surface area contributed by atoms with Crippen LogP contribution >= 0.6 is 15.9 Å². The molecule has 0 fully saturated rings. The number of carbonyl (C=O) groups is 3. The molecule has 0 aliphatic heterocycles. The van der Waals surface area contributed by atoms with E-state index < -0.39 is 11.7 Å². The average Bonchev–Trinajstić information content (AvgIpc) is 2.66. The van der Waals surface area contributed by atoms with Crippen molar-refractivity contribution in [2.75, 3.05) is 11.9 Å².